The highest BCUT2D eigenvalue weighted by atomic mass is 28.4. The van der Waals surface area contributed by atoms with Gasteiger partial charge in [-0.25, -0.2) is 4.79 Å². The maximum atomic E-state index is 13.4. The van der Waals surface area contributed by atoms with Crippen LogP contribution in [0, 0.1) is 5.92 Å². The zero-order chi connectivity index (χ0) is 23.7. The van der Waals surface area contributed by atoms with Gasteiger partial charge in [0.2, 0.25) is 0 Å². The van der Waals surface area contributed by atoms with E-state index >= 15 is 0 Å². The van der Waals surface area contributed by atoms with Gasteiger partial charge in [0.1, 0.15) is 5.60 Å². The van der Waals surface area contributed by atoms with E-state index in [9.17, 15) is 4.79 Å². The fraction of sp³-hybridized carbons (Fsp3) is 0.960. The van der Waals surface area contributed by atoms with Crippen LogP contribution in [0.5, 0.6) is 0 Å². The first kappa shape index (κ1) is 26.7. The molecule has 2 fully saturated rings. The molecule has 182 valence electrons. The summed E-state index contributed by atoms with van der Waals surface area (Å²) in [6.07, 6.45) is 7.88. The lowest BCUT2D eigenvalue weighted by molar-refractivity contribution is -0.0133. The molecule has 0 N–H and O–H groups in total. The minimum absolute atomic E-state index is 0.0873. The minimum atomic E-state index is -1.88. The van der Waals surface area contributed by atoms with Crippen LogP contribution in [0.4, 0.5) is 4.79 Å². The fourth-order valence-electron chi connectivity index (χ4n) is 4.92. The molecule has 1 aliphatic carbocycles. The molecule has 2 rings (SSSR count). The first-order valence-corrected chi connectivity index (χ1v) is 15.2. The summed E-state index contributed by atoms with van der Waals surface area (Å²) in [5.41, 5.74) is -0.670. The average Bonchev–Trinajstić information content (AvgIpc) is 2.94. The summed E-state index contributed by atoms with van der Waals surface area (Å²) in [5.74, 6) is 0.640. The molecule has 0 aromatic heterocycles. The summed E-state index contributed by atoms with van der Waals surface area (Å²) in [4.78, 5) is 15.5. The van der Waals surface area contributed by atoms with Crippen LogP contribution in [0.1, 0.15) is 93.4 Å². The molecule has 5 nitrogen and oxygen atoms in total. The molecule has 0 bridgehead atoms. The van der Waals surface area contributed by atoms with Gasteiger partial charge in [-0.3, -0.25) is 4.90 Å². The predicted octanol–water partition coefficient (Wildman–Crippen LogP) is 6.76. The normalized spacial score (nSPS) is 30.5. The number of carbonyl (C=O) groups is 1. The summed E-state index contributed by atoms with van der Waals surface area (Å²) in [6.45, 7) is 20.1. The van der Waals surface area contributed by atoms with Crippen LogP contribution >= 0.6 is 0 Å². The standard InChI is InChI=1S/C25H49NO4Si/c1-23(2,3)30-22(27)26-20(18-29-31(9,10)24(4,5)6)15-16-25(26,7)17-19-11-13-21(28-8)14-12-19/h19-21H,11-18H2,1-10H3. The Morgan fingerprint density at radius 3 is 2.10 bits per heavy atom. The Morgan fingerprint density at radius 2 is 1.61 bits per heavy atom. The van der Waals surface area contributed by atoms with E-state index in [4.69, 9.17) is 13.9 Å². The van der Waals surface area contributed by atoms with E-state index in [1.54, 1.807) is 0 Å². The first-order valence-electron chi connectivity index (χ1n) is 12.3. The van der Waals surface area contributed by atoms with Gasteiger partial charge in [-0.1, -0.05) is 20.8 Å². The van der Waals surface area contributed by atoms with E-state index < -0.39 is 13.9 Å². The number of methoxy groups -OCH3 is 1. The molecule has 1 aliphatic heterocycles. The third-order valence-electron chi connectivity index (χ3n) is 7.85. The van der Waals surface area contributed by atoms with Crippen molar-refractivity contribution in [3.8, 4) is 0 Å². The summed E-state index contributed by atoms with van der Waals surface area (Å²) >= 11 is 0. The predicted molar refractivity (Wildman–Crippen MR) is 130 cm³/mol. The van der Waals surface area contributed by atoms with Crippen LogP contribution < -0.4 is 0 Å². The van der Waals surface area contributed by atoms with Crippen LogP contribution in [-0.2, 0) is 13.9 Å². The number of hydrogen-bond acceptors (Lipinski definition) is 4. The molecule has 0 spiro atoms. The molecule has 2 atom stereocenters. The summed E-state index contributed by atoms with van der Waals surface area (Å²) in [7, 11) is -0.0571. The van der Waals surface area contributed by atoms with Crippen LogP contribution in [-0.4, -0.2) is 56.3 Å². The molecule has 2 unspecified atom stereocenters. The van der Waals surface area contributed by atoms with Crippen molar-refractivity contribution < 1.29 is 18.7 Å². The first-order chi connectivity index (χ1) is 14.1. The smallest absolute Gasteiger partial charge is 0.411 e. The SMILES string of the molecule is COC1CCC(CC2(C)CCC(CO[Si](C)(C)C(C)(C)C)N2C(=O)OC(C)(C)C)CC1. The molecule has 31 heavy (non-hydrogen) atoms. The van der Waals surface area contributed by atoms with E-state index in [1.807, 2.05) is 27.9 Å². The fourth-order valence-corrected chi connectivity index (χ4v) is 5.96. The highest BCUT2D eigenvalue weighted by Crippen LogP contribution is 2.44. The quantitative estimate of drug-likeness (QED) is 0.415. The molecular weight excluding hydrogens is 406 g/mol. The Kier molecular flexibility index (Phi) is 8.36. The van der Waals surface area contributed by atoms with Crippen molar-refractivity contribution in [2.45, 2.75) is 135 Å². The Hall–Kier alpha value is -0.593. The van der Waals surface area contributed by atoms with Gasteiger partial charge in [0.25, 0.3) is 0 Å². The maximum absolute atomic E-state index is 13.4. The van der Waals surface area contributed by atoms with Gasteiger partial charge in [0.15, 0.2) is 8.32 Å². The molecule has 0 radical (unpaired) electrons. The van der Waals surface area contributed by atoms with Gasteiger partial charge < -0.3 is 13.9 Å². The van der Waals surface area contributed by atoms with Gasteiger partial charge in [0.05, 0.1) is 18.8 Å². The van der Waals surface area contributed by atoms with Crippen molar-refractivity contribution in [2.24, 2.45) is 5.92 Å². The van der Waals surface area contributed by atoms with Crippen LogP contribution in [0.15, 0.2) is 0 Å². The number of hydrogen-bond donors (Lipinski definition) is 0. The van der Waals surface area contributed by atoms with Gasteiger partial charge >= 0.3 is 6.09 Å². The second-order valence-corrected chi connectivity index (χ2v) is 17.5. The second kappa shape index (κ2) is 9.72. The van der Waals surface area contributed by atoms with E-state index in [0.29, 0.717) is 18.6 Å². The second-order valence-electron chi connectivity index (χ2n) is 12.7. The highest BCUT2D eigenvalue weighted by Gasteiger charge is 2.49. The van der Waals surface area contributed by atoms with Crippen molar-refractivity contribution >= 4 is 14.4 Å². The Bertz CT molecular complexity index is 602. The van der Waals surface area contributed by atoms with Crippen molar-refractivity contribution in [2.75, 3.05) is 13.7 Å². The molecule has 6 heteroatoms. The Labute approximate surface area is 192 Å². The number of rotatable bonds is 6. The monoisotopic (exact) mass is 455 g/mol. The lowest BCUT2D eigenvalue weighted by Gasteiger charge is -2.43. The summed E-state index contributed by atoms with van der Waals surface area (Å²) < 4.78 is 18.0. The summed E-state index contributed by atoms with van der Waals surface area (Å²) in [5, 5.41) is 0.158. The maximum Gasteiger partial charge on any atom is 0.411 e. The van der Waals surface area contributed by atoms with Gasteiger partial charge in [0, 0.05) is 12.6 Å². The Morgan fingerprint density at radius 1 is 1.03 bits per heavy atom. The Balaban J connectivity index is 2.16. The zero-order valence-corrected chi connectivity index (χ0v) is 23.0. The molecule has 1 saturated carbocycles. The van der Waals surface area contributed by atoms with Gasteiger partial charge in [-0.15, -0.1) is 0 Å². The van der Waals surface area contributed by atoms with Gasteiger partial charge in [-0.05, 0) is 96.7 Å². The highest BCUT2D eigenvalue weighted by molar-refractivity contribution is 6.74. The van der Waals surface area contributed by atoms with E-state index in [2.05, 4.69) is 45.7 Å². The molecule has 1 heterocycles. The van der Waals surface area contributed by atoms with Crippen LogP contribution in [0.25, 0.3) is 0 Å². The lowest BCUT2D eigenvalue weighted by Crippen LogP contribution is -2.54. The molecule has 0 aromatic rings. The number of likely N-dealkylation sites (tertiary alicyclic amines) is 1. The van der Waals surface area contributed by atoms with Gasteiger partial charge in [-0.2, -0.15) is 0 Å². The molecule has 0 aromatic carbocycles. The third-order valence-corrected chi connectivity index (χ3v) is 12.4. The van der Waals surface area contributed by atoms with Crippen LogP contribution in [0.3, 0.4) is 0 Å². The van der Waals surface area contributed by atoms with E-state index in [0.717, 1.165) is 32.1 Å². The average molecular weight is 456 g/mol. The molecule has 2 aliphatic rings. The van der Waals surface area contributed by atoms with E-state index in [1.165, 1.54) is 12.8 Å². The summed E-state index contributed by atoms with van der Waals surface area (Å²) in [6, 6.07) is 0.0873. The number of ether oxygens (including phenoxy) is 2. The van der Waals surface area contributed by atoms with E-state index in [-0.39, 0.29) is 22.7 Å². The van der Waals surface area contributed by atoms with Crippen molar-refractivity contribution in [3.05, 3.63) is 0 Å². The van der Waals surface area contributed by atoms with Crippen LogP contribution in [0.2, 0.25) is 18.1 Å². The van der Waals surface area contributed by atoms with Crippen molar-refractivity contribution in [1.82, 2.24) is 4.90 Å². The lowest BCUT2D eigenvalue weighted by atomic mass is 9.78. The topological polar surface area (TPSA) is 48.0 Å². The molecule has 1 saturated heterocycles. The third kappa shape index (κ3) is 6.94. The largest absolute Gasteiger partial charge is 0.444 e. The zero-order valence-electron chi connectivity index (χ0n) is 22.0. The minimum Gasteiger partial charge on any atom is -0.444 e. The number of nitrogens with zero attached hydrogens (tertiary/aromatic N) is 1. The number of carbonyl (C=O) groups excluding carboxylic acids is 1. The molecular formula is C25H49NO4Si. The van der Waals surface area contributed by atoms with Crippen molar-refractivity contribution in [1.29, 1.82) is 0 Å². The van der Waals surface area contributed by atoms with Crippen molar-refractivity contribution in [3.63, 3.8) is 0 Å². The molecule has 1 amide bonds. The number of amides is 1.